The molecule has 1 heterocycles. The maximum Gasteiger partial charge on any atom is 0.147 e. The Bertz CT molecular complexity index is 657. The minimum Gasteiger partial charge on any atom is -0.240 e. The molecule has 0 saturated heterocycles. The number of halogens is 2. The first-order valence-corrected chi connectivity index (χ1v) is 6.21. The first-order chi connectivity index (χ1) is 9.02. The smallest absolute Gasteiger partial charge is 0.147 e. The molecule has 0 N–H and O–H groups in total. The van der Waals surface area contributed by atoms with Gasteiger partial charge in [-0.1, -0.05) is 23.7 Å². The topological polar surface area (TPSA) is 36.7 Å². The molecular weight excluding hydrogens is 263 g/mol. The molecule has 2 nitrogen and oxygen atoms in total. The van der Waals surface area contributed by atoms with Crippen molar-refractivity contribution in [3.05, 3.63) is 63.2 Å². The molecule has 0 spiro atoms. The van der Waals surface area contributed by atoms with Crippen molar-refractivity contribution in [1.29, 1.82) is 5.26 Å². The lowest BCUT2D eigenvalue weighted by Gasteiger charge is -2.12. The van der Waals surface area contributed by atoms with Gasteiger partial charge in [0.25, 0.3) is 0 Å². The summed E-state index contributed by atoms with van der Waals surface area (Å²) in [6.45, 7) is 3.72. The van der Waals surface area contributed by atoms with Crippen LogP contribution in [0.4, 0.5) is 4.39 Å². The van der Waals surface area contributed by atoms with Crippen molar-refractivity contribution in [2.45, 2.75) is 20.3 Å². The van der Waals surface area contributed by atoms with Gasteiger partial charge < -0.3 is 0 Å². The number of hydrogen-bond acceptors (Lipinski definition) is 2. The highest BCUT2D eigenvalue weighted by molar-refractivity contribution is 6.30. The van der Waals surface area contributed by atoms with Crippen LogP contribution in [-0.2, 0) is 6.42 Å². The molecular formula is C15H12ClFN2. The molecule has 1 aromatic carbocycles. The van der Waals surface area contributed by atoms with Gasteiger partial charge in [-0.05, 0) is 49.1 Å². The van der Waals surface area contributed by atoms with E-state index < -0.39 is 0 Å². The molecule has 0 aliphatic rings. The highest BCUT2D eigenvalue weighted by atomic mass is 35.5. The van der Waals surface area contributed by atoms with Crippen LogP contribution in [0.2, 0.25) is 5.15 Å². The van der Waals surface area contributed by atoms with Crippen molar-refractivity contribution in [3.63, 3.8) is 0 Å². The molecule has 0 fully saturated rings. The Balaban J connectivity index is 2.46. The van der Waals surface area contributed by atoms with Crippen molar-refractivity contribution in [1.82, 2.24) is 4.98 Å². The second-order valence-corrected chi connectivity index (χ2v) is 4.74. The van der Waals surface area contributed by atoms with Crippen LogP contribution in [0, 0.1) is 31.0 Å². The second kappa shape index (κ2) is 5.38. The zero-order valence-corrected chi connectivity index (χ0v) is 11.4. The van der Waals surface area contributed by atoms with E-state index in [1.165, 1.54) is 12.1 Å². The molecule has 0 amide bonds. The van der Waals surface area contributed by atoms with Crippen molar-refractivity contribution in [2.24, 2.45) is 0 Å². The molecule has 4 heteroatoms. The maximum atomic E-state index is 12.9. The first kappa shape index (κ1) is 13.5. The summed E-state index contributed by atoms with van der Waals surface area (Å²) in [6.07, 6.45) is 0.608. The van der Waals surface area contributed by atoms with E-state index in [0.717, 1.165) is 22.4 Å². The number of rotatable bonds is 2. The monoisotopic (exact) mass is 274 g/mol. The van der Waals surface area contributed by atoms with E-state index in [9.17, 15) is 4.39 Å². The SMILES string of the molecule is Cc1nc(Cl)c(C#N)c(C)c1Cc1ccc(F)cc1. The number of aryl methyl sites for hydroxylation is 1. The quantitative estimate of drug-likeness (QED) is 0.778. The molecule has 19 heavy (non-hydrogen) atoms. The van der Waals surface area contributed by atoms with Gasteiger partial charge in [-0.2, -0.15) is 5.26 Å². The molecule has 0 aliphatic carbocycles. The summed E-state index contributed by atoms with van der Waals surface area (Å²) in [6, 6.07) is 8.38. The number of benzene rings is 1. The van der Waals surface area contributed by atoms with Gasteiger partial charge >= 0.3 is 0 Å². The van der Waals surface area contributed by atoms with Crippen LogP contribution >= 0.6 is 11.6 Å². The van der Waals surface area contributed by atoms with E-state index in [1.807, 2.05) is 13.8 Å². The average molecular weight is 275 g/mol. The largest absolute Gasteiger partial charge is 0.240 e. The third-order valence-corrected chi connectivity index (χ3v) is 3.42. The van der Waals surface area contributed by atoms with Gasteiger partial charge in [-0.15, -0.1) is 0 Å². The fraction of sp³-hybridized carbons (Fsp3) is 0.200. The molecule has 96 valence electrons. The Labute approximate surface area is 116 Å². The number of aromatic nitrogens is 1. The minimum atomic E-state index is -0.260. The lowest BCUT2D eigenvalue weighted by Crippen LogP contribution is -2.02. The fourth-order valence-corrected chi connectivity index (χ4v) is 2.36. The summed E-state index contributed by atoms with van der Waals surface area (Å²) in [4.78, 5) is 4.19. The summed E-state index contributed by atoms with van der Waals surface area (Å²) in [7, 11) is 0. The molecule has 0 bridgehead atoms. The van der Waals surface area contributed by atoms with Crippen LogP contribution in [0.15, 0.2) is 24.3 Å². The van der Waals surface area contributed by atoms with Gasteiger partial charge in [0, 0.05) is 5.69 Å². The van der Waals surface area contributed by atoms with Gasteiger partial charge in [-0.25, -0.2) is 9.37 Å². The van der Waals surface area contributed by atoms with Crippen LogP contribution < -0.4 is 0 Å². The van der Waals surface area contributed by atoms with Crippen molar-refractivity contribution >= 4 is 11.6 Å². The standard InChI is InChI=1S/C15H12ClFN2/c1-9-13(7-11-3-5-12(17)6-4-11)10(2)19-15(16)14(9)8-18/h3-6H,7H2,1-2H3. The normalized spacial score (nSPS) is 10.3. The first-order valence-electron chi connectivity index (χ1n) is 5.83. The van der Waals surface area contributed by atoms with Crippen LogP contribution in [0.3, 0.4) is 0 Å². The summed E-state index contributed by atoms with van der Waals surface area (Å²) >= 11 is 5.95. The lowest BCUT2D eigenvalue weighted by atomic mass is 9.97. The van der Waals surface area contributed by atoms with Crippen LogP contribution in [-0.4, -0.2) is 4.98 Å². The molecule has 2 rings (SSSR count). The van der Waals surface area contributed by atoms with E-state index in [4.69, 9.17) is 16.9 Å². The predicted octanol–water partition coefficient (Wildman–Crippen LogP) is 3.95. The molecule has 2 aromatic rings. The fourth-order valence-electron chi connectivity index (χ4n) is 2.04. The maximum absolute atomic E-state index is 12.9. The third kappa shape index (κ3) is 2.74. The van der Waals surface area contributed by atoms with Gasteiger partial charge in [-0.3, -0.25) is 0 Å². The van der Waals surface area contributed by atoms with Crippen LogP contribution in [0.25, 0.3) is 0 Å². The van der Waals surface area contributed by atoms with Gasteiger partial charge in [0.15, 0.2) is 0 Å². The van der Waals surface area contributed by atoms with E-state index >= 15 is 0 Å². The van der Waals surface area contributed by atoms with E-state index in [-0.39, 0.29) is 11.0 Å². The number of hydrogen-bond donors (Lipinski definition) is 0. The van der Waals surface area contributed by atoms with Gasteiger partial charge in [0.2, 0.25) is 0 Å². The number of pyridine rings is 1. The van der Waals surface area contributed by atoms with E-state index in [2.05, 4.69) is 11.1 Å². The Morgan fingerprint density at radius 2 is 1.89 bits per heavy atom. The Morgan fingerprint density at radius 3 is 2.47 bits per heavy atom. The molecule has 0 aliphatic heterocycles. The minimum absolute atomic E-state index is 0.236. The average Bonchev–Trinajstić information content (AvgIpc) is 2.37. The van der Waals surface area contributed by atoms with Gasteiger partial charge in [0.05, 0.1) is 5.56 Å². The van der Waals surface area contributed by atoms with Crippen LogP contribution in [0.5, 0.6) is 0 Å². The molecule has 0 atom stereocenters. The van der Waals surface area contributed by atoms with Crippen LogP contribution in [0.1, 0.15) is 27.9 Å². The lowest BCUT2D eigenvalue weighted by molar-refractivity contribution is 0.627. The molecule has 0 saturated carbocycles. The number of nitriles is 1. The van der Waals surface area contributed by atoms with Gasteiger partial charge in [0.1, 0.15) is 17.0 Å². The molecule has 0 radical (unpaired) electrons. The summed E-state index contributed by atoms with van der Waals surface area (Å²) < 4.78 is 12.9. The van der Waals surface area contributed by atoms with Crippen molar-refractivity contribution < 1.29 is 4.39 Å². The Hall–Kier alpha value is -1.92. The van der Waals surface area contributed by atoms with E-state index in [0.29, 0.717) is 12.0 Å². The molecule has 1 aromatic heterocycles. The van der Waals surface area contributed by atoms with E-state index in [1.54, 1.807) is 12.1 Å². The predicted molar refractivity (Wildman–Crippen MR) is 72.6 cm³/mol. The highest BCUT2D eigenvalue weighted by Gasteiger charge is 2.13. The molecule has 0 unspecified atom stereocenters. The summed E-state index contributed by atoms with van der Waals surface area (Å²) in [5.74, 6) is -0.260. The zero-order valence-electron chi connectivity index (χ0n) is 10.7. The summed E-state index contributed by atoms with van der Waals surface area (Å²) in [5, 5.41) is 9.33. The van der Waals surface area contributed by atoms with Crippen molar-refractivity contribution in [3.8, 4) is 6.07 Å². The Morgan fingerprint density at radius 1 is 1.26 bits per heavy atom. The third-order valence-electron chi connectivity index (χ3n) is 3.14. The zero-order chi connectivity index (χ0) is 14.0. The van der Waals surface area contributed by atoms with Crippen molar-refractivity contribution in [2.75, 3.05) is 0 Å². The highest BCUT2D eigenvalue weighted by Crippen LogP contribution is 2.24. The second-order valence-electron chi connectivity index (χ2n) is 4.38. The summed E-state index contributed by atoms with van der Waals surface area (Å²) in [5.41, 5.74) is 3.98. The number of nitrogens with zero attached hydrogens (tertiary/aromatic N) is 2. The Kier molecular flexibility index (Phi) is 3.82.